The van der Waals surface area contributed by atoms with Gasteiger partial charge in [0.05, 0.1) is 11.0 Å². The van der Waals surface area contributed by atoms with Crippen LogP contribution >= 0.6 is 0 Å². The molecule has 0 atom stereocenters. The molecule has 0 unspecified atom stereocenters. The van der Waals surface area contributed by atoms with Crippen LogP contribution in [0.1, 0.15) is 19.3 Å². The average molecular weight is 370 g/mol. The molecule has 28 heavy (non-hydrogen) atoms. The molecule has 0 radical (unpaired) electrons. The highest BCUT2D eigenvalue weighted by atomic mass is 15.2. The second kappa shape index (κ2) is 7.31. The molecule has 0 amide bonds. The van der Waals surface area contributed by atoms with E-state index < -0.39 is 0 Å². The van der Waals surface area contributed by atoms with Gasteiger partial charge in [-0.3, -0.25) is 4.57 Å². The van der Waals surface area contributed by atoms with E-state index in [-0.39, 0.29) is 0 Å². The average Bonchev–Trinajstić information content (AvgIpc) is 3.19. The SMILES string of the molecule is c1ccc2c(c1)ncn2-c1ccnc(Nc2ccc(N3CCCCC3)cc2)n1. The minimum atomic E-state index is 0.570. The summed E-state index contributed by atoms with van der Waals surface area (Å²) >= 11 is 0. The Morgan fingerprint density at radius 2 is 1.64 bits per heavy atom. The second-order valence-electron chi connectivity index (χ2n) is 7.06. The zero-order valence-corrected chi connectivity index (χ0v) is 15.6. The number of para-hydroxylation sites is 2. The number of anilines is 3. The van der Waals surface area contributed by atoms with E-state index in [0.717, 1.165) is 35.6 Å². The van der Waals surface area contributed by atoms with Gasteiger partial charge in [0.25, 0.3) is 0 Å². The smallest absolute Gasteiger partial charge is 0.229 e. The van der Waals surface area contributed by atoms with Crippen LogP contribution in [-0.4, -0.2) is 32.6 Å². The molecule has 1 N–H and O–H groups in total. The maximum Gasteiger partial charge on any atom is 0.229 e. The lowest BCUT2D eigenvalue weighted by atomic mass is 10.1. The third kappa shape index (κ3) is 3.29. The maximum absolute atomic E-state index is 4.66. The maximum atomic E-state index is 4.66. The molecular weight excluding hydrogens is 348 g/mol. The number of piperidine rings is 1. The van der Waals surface area contributed by atoms with E-state index in [2.05, 4.69) is 49.4 Å². The van der Waals surface area contributed by atoms with Gasteiger partial charge in [-0.15, -0.1) is 0 Å². The first-order valence-corrected chi connectivity index (χ1v) is 9.74. The lowest BCUT2D eigenvalue weighted by Crippen LogP contribution is -2.29. The summed E-state index contributed by atoms with van der Waals surface area (Å²) in [5.41, 5.74) is 4.24. The number of fused-ring (bicyclic) bond motifs is 1. The fourth-order valence-electron chi connectivity index (χ4n) is 3.72. The van der Waals surface area contributed by atoms with Crippen LogP contribution in [0, 0.1) is 0 Å². The molecule has 0 saturated carbocycles. The number of nitrogens with one attached hydrogen (secondary N) is 1. The Labute approximate surface area is 163 Å². The number of nitrogens with zero attached hydrogens (tertiary/aromatic N) is 5. The van der Waals surface area contributed by atoms with Crippen LogP contribution in [0.2, 0.25) is 0 Å². The number of hydrogen-bond acceptors (Lipinski definition) is 5. The molecule has 3 heterocycles. The number of rotatable bonds is 4. The summed E-state index contributed by atoms with van der Waals surface area (Å²) in [6, 6.07) is 18.4. The number of aromatic nitrogens is 4. The minimum absolute atomic E-state index is 0.570. The molecule has 2 aromatic heterocycles. The van der Waals surface area contributed by atoms with Gasteiger partial charge in [-0.25, -0.2) is 9.97 Å². The van der Waals surface area contributed by atoms with E-state index in [4.69, 9.17) is 0 Å². The largest absolute Gasteiger partial charge is 0.372 e. The molecule has 2 aromatic carbocycles. The first kappa shape index (κ1) is 16.7. The standard InChI is InChI=1S/C22H22N6/c1-4-14-27(15-5-1)18-10-8-17(9-11-18)25-22-23-13-12-21(26-22)28-16-24-19-6-2-3-7-20(19)28/h2-3,6-13,16H,1,4-5,14-15H2,(H,23,25,26). The topological polar surface area (TPSA) is 58.9 Å². The Morgan fingerprint density at radius 1 is 0.821 bits per heavy atom. The van der Waals surface area contributed by atoms with Crippen molar-refractivity contribution in [2.24, 2.45) is 0 Å². The third-order valence-electron chi connectivity index (χ3n) is 5.19. The lowest BCUT2D eigenvalue weighted by molar-refractivity contribution is 0.578. The summed E-state index contributed by atoms with van der Waals surface area (Å²) in [4.78, 5) is 15.9. The highest BCUT2D eigenvalue weighted by Gasteiger charge is 2.11. The van der Waals surface area contributed by atoms with Crippen LogP contribution in [-0.2, 0) is 0 Å². The number of benzene rings is 2. The van der Waals surface area contributed by atoms with Crippen molar-refractivity contribution in [2.75, 3.05) is 23.3 Å². The van der Waals surface area contributed by atoms with Crippen molar-refractivity contribution < 1.29 is 0 Å². The molecule has 0 bridgehead atoms. The molecule has 6 heteroatoms. The van der Waals surface area contributed by atoms with E-state index >= 15 is 0 Å². The van der Waals surface area contributed by atoms with Gasteiger partial charge in [-0.1, -0.05) is 12.1 Å². The Kier molecular flexibility index (Phi) is 4.37. The van der Waals surface area contributed by atoms with E-state index in [1.165, 1.54) is 24.9 Å². The highest BCUT2D eigenvalue weighted by molar-refractivity contribution is 5.76. The van der Waals surface area contributed by atoms with Crippen molar-refractivity contribution in [1.82, 2.24) is 19.5 Å². The number of hydrogen-bond donors (Lipinski definition) is 1. The summed E-state index contributed by atoms with van der Waals surface area (Å²) < 4.78 is 1.97. The van der Waals surface area contributed by atoms with Gasteiger partial charge in [0.15, 0.2) is 0 Å². The normalized spacial score (nSPS) is 14.4. The van der Waals surface area contributed by atoms with E-state index in [1.807, 2.05) is 34.9 Å². The minimum Gasteiger partial charge on any atom is -0.372 e. The van der Waals surface area contributed by atoms with Gasteiger partial charge >= 0.3 is 0 Å². The van der Waals surface area contributed by atoms with Gasteiger partial charge in [0.2, 0.25) is 5.95 Å². The summed E-state index contributed by atoms with van der Waals surface area (Å²) in [6.07, 6.45) is 7.47. The van der Waals surface area contributed by atoms with Crippen molar-refractivity contribution in [3.05, 3.63) is 67.1 Å². The van der Waals surface area contributed by atoms with Crippen molar-refractivity contribution in [3.63, 3.8) is 0 Å². The molecule has 1 aliphatic rings. The molecule has 6 nitrogen and oxygen atoms in total. The third-order valence-corrected chi connectivity index (χ3v) is 5.19. The van der Waals surface area contributed by atoms with Crippen LogP contribution < -0.4 is 10.2 Å². The van der Waals surface area contributed by atoms with Crippen molar-refractivity contribution in [1.29, 1.82) is 0 Å². The Balaban J connectivity index is 1.37. The molecule has 4 aromatic rings. The van der Waals surface area contributed by atoms with Crippen LogP contribution in [0.3, 0.4) is 0 Å². The summed E-state index contributed by atoms with van der Waals surface area (Å²) in [5, 5.41) is 3.31. The molecule has 0 aliphatic carbocycles. The Morgan fingerprint density at radius 3 is 2.50 bits per heavy atom. The fourth-order valence-corrected chi connectivity index (χ4v) is 3.72. The van der Waals surface area contributed by atoms with Crippen LogP contribution in [0.25, 0.3) is 16.9 Å². The predicted molar refractivity (Wildman–Crippen MR) is 112 cm³/mol. The van der Waals surface area contributed by atoms with Gasteiger partial charge in [-0.05, 0) is 61.7 Å². The van der Waals surface area contributed by atoms with E-state index in [1.54, 1.807) is 12.5 Å². The zero-order valence-electron chi connectivity index (χ0n) is 15.6. The summed E-state index contributed by atoms with van der Waals surface area (Å²) in [6.45, 7) is 2.30. The molecule has 5 rings (SSSR count). The van der Waals surface area contributed by atoms with Crippen LogP contribution in [0.5, 0.6) is 0 Å². The second-order valence-corrected chi connectivity index (χ2v) is 7.06. The highest BCUT2D eigenvalue weighted by Crippen LogP contribution is 2.23. The molecular formula is C22H22N6. The Bertz CT molecular complexity index is 1080. The summed E-state index contributed by atoms with van der Waals surface area (Å²) in [5.74, 6) is 1.36. The quantitative estimate of drug-likeness (QED) is 0.571. The van der Waals surface area contributed by atoms with Gasteiger partial charge in [0.1, 0.15) is 12.1 Å². The first-order chi connectivity index (χ1) is 13.9. The zero-order chi connectivity index (χ0) is 18.8. The molecule has 1 aliphatic heterocycles. The van der Waals surface area contributed by atoms with Crippen LogP contribution in [0.4, 0.5) is 17.3 Å². The molecule has 1 fully saturated rings. The van der Waals surface area contributed by atoms with E-state index in [0.29, 0.717) is 5.95 Å². The van der Waals surface area contributed by atoms with Crippen molar-refractivity contribution in [2.45, 2.75) is 19.3 Å². The van der Waals surface area contributed by atoms with Gasteiger partial charge in [0, 0.05) is 30.7 Å². The van der Waals surface area contributed by atoms with Crippen LogP contribution in [0.15, 0.2) is 67.1 Å². The van der Waals surface area contributed by atoms with Crippen molar-refractivity contribution in [3.8, 4) is 5.82 Å². The predicted octanol–water partition coefficient (Wildman–Crippen LogP) is 4.55. The summed E-state index contributed by atoms with van der Waals surface area (Å²) in [7, 11) is 0. The first-order valence-electron chi connectivity index (χ1n) is 9.74. The van der Waals surface area contributed by atoms with Gasteiger partial charge in [-0.2, -0.15) is 4.98 Å². The van der Waals surface area contributed by atoms with Gasteiger partial charge < -0.3 is 10.2 Å². The fraction of sp³-hybridized carbons (Fsp3) is 0.227. The van der Waals surface area contributed by atoms with E-state index in [9.17, 15) is 0 Å². The number of imidazole rings is 1. The monoisotopic (exact) mass is 370 g/mol. The van der Waals surface area contributed by atoms with Crippen molar-refractivity contribution >= 4 is 28.4 Å². The molecule has 140 valence electrons. The molecule has 0 spiro atoms. The Hall–Kier alpha value is -3.41. The molecule has 1 saturated heterocycles. The lowest BCUT2D eigenvalue weighted by Gasteiger charge is -2.28.